The third-order valence-electron chi connectivity index (χ3n) is 7.33. The molecule has 9 heteroatoms. The highest BCUT2D eigenvalue weighted by Gasteiger charge is 2.44. The largest absolute Gasteiger partial charge is 0.325 e. The summed E-state index contributed by atoms with van der Waals surface area (Å²) in [4.78, 5) is 20.5. The van der Waals surface area contributed by atoms with Crippen LogP contribution in [0.5, 0.6) is 0 Å². The van der Waals surface area contributed by atoms with Crippen molar-refractivity contribution in [1.82, 2.24) is 24.1 Å². The molecular weight excluding hydrogens is 455 g/mol. The summed E-state index contributed by atoms with van der Waals surface area (Å²) in [5, 5.41) is 4.70. The van der Waals surface area contributed by atoms with Gasteiger partial charge in [0.2, 0.25) is 0 Å². The quantitative estimate of drug-likeness (QED) is 0.378. The number of hydrogen-bond donors (Lipinski definition) is 0. The first kappa shape index (κ1) is 21.9. The number of nitrogens with zero attached hydrogens (tertiary/aromatic N) is 5. The number of rotatable bonds is 2. The lowest BCUT2D eigenvalue weighted by Gasteiger charge is -2.45. The van der Waals surface area contributed by atoms with Crippen LogP contribution < -0.4 is 0 Å². The molecule has 35 heavy (non-hydrogen) atoms. The minimum atomic E-state index is -1.49. The minimum absolute atomic E-state index is 0.0813. The molecule has 2 aliphatic heterocycles. The van der Waals surface area contributed by atoms with E-state index in [2.05, 4.69) is 4.98 Å². The summed E-state index contributed by atoms with van der Waals surface area (Å²) < 4.78 is 45.1. The Morgan fingerprint density at radius 2 is 1.83 bits per heavy atom. The molecule has 0 aliphatic carbocycles. The predicted octanol–water partition coefficient (Wildman–Crippen LogP) is 5.06. The van der Waals surface area contributed by atoms with Gasteiger partial charge >= 0.3 is 0 Å². The topological polar surface area (TPSA) is 55.4 Å². The molecule has 6 rings (SSSR count). The Morgan fingerprint density at radius 1 is 1.09 bits per heavy atom. The lowest BCUT2D eigenvalue weighted by Crippen LogP contribution is -2.50. The van der Waals surface area contributed by atoms with Crippen molar-refractivity contribution in [3.05, 3.63) is 76.1 Å². The van der Waals surface area contributed by atoms with Crippen LogP contribution in [0.1, 0.15) is 58.3 Å². The lowest BCUT2D eigenvalue weighted by atomic mass is 9.81. The lowest BCUT2D eigenvalue weighted by molar-refractivity contribution is 0.0384. The fraction of sp³-hybridized carbons (Fsp3) is 0.346. The van der Waals surface area contributed by atoms with Gasteiger partial charge in [0.25, 0.3) is 5.91 Å². The number of fused-ring (bicyclic) bond motifs is 5. The summed E-state index contributed by atoms with van der Waals surface area (Å²) in [6, 6.07) is 5.58. The summed E-state index contributed by atoms with van der Waals surface area (Å²) in [5.41, 5.74) is 5.40. The summed E-state index contributed by atoms with van der Waals surface area (Å²) in [5.74, 6) is -4.05. The monoisotopic (exact) mass is 479 g/mol. The third-order valence-corrected chi connectivity index (χ3v) is 7.33. The van der Waals surface area contributed by atoms with Crippen LogP contribution in [-0.4, -0.2) is 36.0 Å². The Labute approximate surface area is 200 Å². The number of pyridine rings is 1. The van der Waals surface area contributed by atoms with Crippen molar-refractivity contribution in [2.75, 3.05) is 0 Å². The van der Waals surface area contributed by atoms with Crippen LogP contribution >= 0.6 is 0 Å². The van der Waals surface area contributed by atoms with E-state index in [-0.39, 0.29) is 23.6 Å². The van der Waals surface area contributed by atoms with Gasteiger partial charge < -0.3 is 4.90 Å². The Hall–Kier alpha value is -3.62. The van der Waals surface area contributed by atoms with E-state index < -0.39 is 17.5 Å². The fourth-order valence-corrected chi connectivity index (χ4v) is 5.85. The molecule has 1 amide bonds. The molecule has 1 aromatic carbocycles. The number of aryl methyl sites for hydroxylation is 3. The maximum absolute atomic E-state index is 14.0. The standard InChI is InChI=1S/C26H24F3N5O/c1-13-7-8-33-21(9-13)30-14(2)24(33)26(35)34-16-5-4-6-20(34)23-17(12-16)25(32(3)31-23)15-10-18(27)22(29)19(28)11-15/h7-11,16,20H,4-6,12H2,1-3H3/t16-,20+/m0/s1. The SMILES string of the molecule is Cc1ccn2c(C(=O)N3[C@H]4CCC[C@@H]3c3nn(C)c(-c5cc(F)c(F)c(F)c5)c3C4)c(C)nc2c1. The van der Waals surface area contributed by atoms with E-state index in [1.54, 1.807) is 11.7 Å². The van der Waals surface area contributed by atoms with Crippen LogP contribution in [0.15, 0.2) is 30.5 Å². The average Bonchev–Trinajstić information content (AvgIpc) is 3.31. The Kier molecular flexibility index (Phi) is 4.81. The third kappa shape index (κ3) is 3.20. The molecule has 2 bridgehead atoms. The number of hydrogen-bond acceptors (Lipinski definition) is 3. The van der Waals surface area contributed by atoms with E-state index in [1.807, 2.05) is 41.5 Å². The summed E-state index contributed by atoms with van der Waals surface area (Å²) in [7, 11) is 1.71. The Bertz CT molecular complexity index is 1500. The molecule has 4 aromatic rings. The number of carbonyl (C=O) groups is 1. The molecule has 0 unspecified atom stereocenters. The number of benzene rings is 1. The van der Waals surface area contributed by atoms with Crippen LogP contribution in [0.3, 0.4) is 0 Å². The highest BCUT2D eigenvalue weighted by molar-refractivity contribution is 5.95. The number of amides is 1. The van der Waals surface area contributed by atoms with E-state index in [4.69, 9.17) is 5.10 Å². The Morgan fingerprint density at radius 3 is 2.57 bits per heavy atom. The van der Waals surface area contributed by atoms with Crippen LogP contribution in [0, 0.1) is 31.3 Å². The average molecular weight is 480 g/mol. The smallest absolute Gasteiger partial charge is 0.273 e. The molecule has 1 fully saturated rings. The van der Waals surface area contributed by atoms with Gasteiger partial charge in [-0.25, -0.2) is 18.2 Å². The van der Waals surface area contributed by atoms with E-state index in [0.29, 0.717) is 23.5 Å². The van der Waals surface area contributed by atoms with E-state index in [1.165, 1.54) is 0 Å². The van der Waals surface area contributed by atoms with Crippen molar-refractivity contribution in [3.8, 4) is 11.3 Å². The van der Waals surface area contributed by atoms with Gasteiger partial charge in [0.15, 0.2) is 17.5 Å². The maximum Gasteiger partial charge on any atom is 0.273 e. The van der Waals surface area contributed by atoms with Gasteiger partial charge in [-0.05, 0) is 69.4 Å². The second kappa shape index (κ2) is 7.69. The number of aromatic nitrogens is 4. The van der Waals surface area contributed by atoms with Crippen molar-refractivity contribution in [3.63, 3.8) is 0 Å². The molecular formula is C26H24F3N5O. The molecule has 0 N–H and O–H groups in total. The summed E-state index contributed by atoms with van der Waals surface area (Å²) in [6.45, 7) is 3.83. The molecule has 5 heterocycles. The van der Waals surface area contributed by atoms with Gasteiger partial charge in [-0.15, -0.1) is 0 Å². The first-order valence-corrected chi connectivity index (χ1v) is 11.7. The van der Waals surface area contributed by atoms with Crippen LogP contribution in [0.4, 0.5) is 13.2 Å². The molecule has 0 saturated carbocycles. The minimum Gasteiger partial charge on any atom is -0.325 e. The molecule has 2 aliphatic rings. The molecule has 0 spiro atoms. The second-order valence-electron chi connectivity index (χ2n) is 9.59. The van der Waals surface area contributed by atoms with Gasteiger partial charge in [-0.3, -0.25) is 13.9 Å². The fourth-order valence-electron chi connectivity index (χ4n) is 5.85. The molecule has 180 valence electrons. The number of halogens is 3. The van der Waals surface area contributed by atoms with Gasteiger partial charge in [-0.2, -0.15) is 5.10 Å². The van der Waals surface area contributed by atoms with Crippen molar-refractivity contribution < 1.29 is 18.0 Å². The first-order valence-electron chi connectivity index (χ1n) is 11.7. The zero-order valence-corrected chi connectivity index (χ0v) is 19.6. The zero-order valence-electron chi connectivity index (χ0n) is 19.6. The molecule has 6 nitrogen and oxygen atoms in total. The molecule has 0 radical (unpaired) electrons. The number of carbonyl (C=O) groups excluding carboxylic acids is 1. The van der Waals surface area contributed by atoms with Crippen molar-refractivity contribution in [2.45, 2.75) is 51.6 Å². The molecule has 1 saturated heterocycles. The van der Waals surface area contributed by atoms with E-state index in [0.717, 1.165) is 53.9 Å². The second-order valence-corrected chi connectivity index (χ2v) is 9.59. The summed E-state index contributed by atoms with van der Waals surface area (Å²) >= 11 is 0. The molecule has 2 atom stereocenters. The van der Waals surface area contributed by atoms with Gasteiger partial charge in [0.1, 0.15) is 11.3 Å². The van der Waals surface area contributed by atoms with Gasteiger partial charge in [0, 0.05) is 30.4 Å². The zero-order chi connectivity index (χ0) is 24.6. The van der Waals surface area contributed by atoms with Gasteiger partial charge in [0.05, 0.1) is 23.1 Å². The van der Waals surface area contributed by atoms with Crippen molar-refractivity contribution in [2.24, 2.45) is 7.05 Å². The molecule has 3 aromatic heterocycles. The predicted molar refractivity (Wildman–Crippen MR) is 123 cm³/mol. The Balaban J connectivity index is 1.46. The van der Waals surface area contributed by atoms with Gasteiger partial charge in [-0.1, -0.05) is 0 Å². The van der Waals surface area contributed by atoms with E-state index in [9.17, 15) is 18.0 Å². The summed E-state index contributed by atoms with van der Waals surface area (Å²) in [6.07, 6.45) is 4.90. The number of imidazole rings is 1. The van der Waals surface area contributed by atoms with Crippen molar-refractivity contribution >= 4 is 11.6 Å². The van der Waals surface area contributed by atoms with Crippen LogP contribution in [0.25, 0.3) is 16.9 Å². The normalized spacial score (nSPS) is 19.3. The highest BCUT2D eigenvalue weighted by Crippen LogP contribution is 2.45. The van der Waals surface area contributed by atoms with E-state index >= 15 is 0 Å². The maximum atomic E-state index is 14.0. The van der Waals surface area contributed by atoms with Crippen LogP contribution in [-0.2, 0) is 13.5 Å². The number of piperidine rings is 1. The van der Waals surface area contributed by atoms with Crippen molar-refractivity contribution in [1.29, 1.82) is 0 Å². The van der Waals surface area contributed by atoms with Crippen LogP contribution in [0.2, 0.25) is 0 Å². The highest BCUT2D eigenvalue weighted by atomic mass is 19.2. The first-order chi connectivity index (χ1) is 16.7.